The first-order valence-corrected chi connectivity index (χ1v) is 10.3. The Bertz CT molecular complexity index is 237. The highest BCUT2D eigenvalue weighted by molar-refractivity contribution is 5.04. The van der Waals surface area contributed by atoms with Crippen LogP contribution in [0.15, 0.2) is 0 Å². The molecule has 0 radical (unpaired) electrons. The van der Waals surface area contributed by atoms with Crippen LogP contribution in [0.25, 0.3) is 0 Å². The van der Waals surface area contributed by atoms with Crippen LogP contribution in [0.5, 0.6) is 0 Å². The van der Waals surface area contributed by atoms with Crippen molar-refractivity contribution >= 4 is 0 Å². The molecule has 0 aromatic carbocycles. The quantitative estimate of drug-likeness (QED) is 0.567. The van der Waals surface area contributed by atoms with Gasteiger partial charge in [0.05, 0.1) is 0 Å². The summed E-state index contributed by atoms with van der Waals surface area (Å²) >= 11 is 0. The van der Waals surface area contributed by atoms with Crippen molar-refractivity contribution in [2.24, 2.45) is 11.5 Å². The van der Waals surface area contributed by atoms with Crippen molar-refractivity contribution in [1.29, 1.82) is 0 Å². The molecule has 4 nitrogen and oxygen atoms in total. The van der Waals surface area contributed by atoms with Crippen LogP contribution in [0.2, 0.25) is 0 Å². The summed E-state index contributed by atoms with van der Waals surface area (Å²) in [4.78, 5) is 4.94. The second-order valence-corrected chi connectivity index (χ2v) is 6.78. The van der Waals surface area contributed by atoms with E-state index in [1.54, 1.807) is 0 Å². The highest BCUT2D eigenvalue weighted by Gasteiger charge is 2.40. The zero-order chi connectivity index (χ0) is 19.2. The third-order valence-corrected chi connectivity index (χ3v) is 6.04. The number of hydrogen-bond donors (Lipinski definition) is 2. The molecule has 0 fully saturated rings. The van der Waals surface area contributed by atoms with Gasteiger partial charge in [-0.1, -0.05) is 55.4 Å². The maximum Gasteiger partial charge on any atom is 0.0331 e. The second-order valence-electron chi connectivity index (χ2n) is 6.78. The molecule has 0 rings (SSSR count). The lowest BCUT2D eigenvalue weighted by molar-refractivity contribution is 0.189. The summed E-state index contributed by atoms with van der Waals surface area (Å²) in [5.41, 5.74) is 12.2. The van der Waals surface area contributed by atoms with Crippen LogP contribution in [0.4, 0.5) is 0 Å². The van der Waals surface area contributed by atoms with E-state index in [0.29, 0.717) is 0 Å². The fraction of sp³-hybridized carbons (Fsp3) is 1.00. The molecular weight excluding hydrogens is 296 g/mol. The van der Waals surface area contributed by atoms with Crippen LogP contribution < -0.4 is 11.5 Å². The topological polar surface area (TPSA) is 58.5 Å². The van der Waals surface area contributed by atoms with Gasteiger partial charge in [0.25, 0.3) is 0 Å². The van der Waals surface area contributed by atoms with E-state index in [9.17, 15) is 0 Å². The van der Waals surface area contributed by atoms with E-state index in [1.165, 1.54) is 39.3 Å². The molecule has 0 unspecified atom stereocenters. The molecule has 148 valence electrons. The molecule has 0 spiro atoms. The normalized spacial score (nSPS) is 12.5. The van der Waals surface area contributed by atoms with Crippen LogP contribution in [0, 0.1) is 0 Å². The van der Waals surface area contributed by atoms with Crippen LogP contribution >= 0.6 is 0 Å². The van der Waals surface area contributed by atoms with Crippen LogP contribution in [-0.4, -0.2) is 60.1 Å². The Morgan fingerprint density at radius 3 is 0.833 bits per heavy atom. The first kappa shape index (κ1) is 26.1. The minimum Gasteiger partial charge on any atom is -0.324 e. The molecule has 0 heterocycles. The molecule has 0 saturated carbocycles. The molecule has 0 amide bonds. The minimum absolute atomic E-state index is 0.184. The van der Waals surface area contributed by atoms with Gasteiger partial charge in [-0.2, -0.15) is 0 Å². The minimum atomic E-state index is -0.184. The zero-order valence-corrected chi connectivity index (χ0v) is 18.1. The van der Waals surface area contributed by atoms with Crippen molar-refractivity contribution in [3.8, 4) is 0 Å². The smallest absolute Gasteiger partial charge is 0.0331 e. The summed E-state index contributed by atoms with van der Waals surface area (Å²) in [5, 5.41) is 0. The van der Waals surface area contributed by atoms with E-state index in [1.807, 2.05) is 0 Å². The summed E-state index contributed by atoms with van der Waals surface area (Å²) < 4.78 is 0. The maximum atomic E-state index is 6.27. The standard InChI is InChI=1S/2C10H24N2/c1-5-11(6-2)9-10-12(7-3)8-4;1-5-9(11,6-2)10(12,7-3)8-4/h5-10H2,1-4H3;5-8,11-12H2,1-4H3. The molecule has 0 atom stereocenters. The van der Waals surface area contributed by atoms with Gasteiger partial charge in [-0.15, -0.1) is 0 Å². The van der Waals surface area contributed by atoms with E-state index in [-0.39, 0.29) is 11.1 Å². The molecule has 0 aromatic heterocycles. The van der Waals surface area contributed by atoms with E-state index >= 15 is 0 Å². The molecule has 0 aliphatic rings. The van der Waals surface area contributed by atoms with Crippen LogP contribution in [0.1, 0.15) is 81.1 Å². The number of nitrogens with two attached hydrogens (primary N) is 2. The van der Waals surface area contributed by atoms with Gasteiger partial charge < -0.3 is 21.3 Å². The predicted octanol–water partition coefficient (Wildman–Crippen LogP) is 3.69. The van der Waals surface area contributed by atoms with Crippen LogP contribution in [0.3, 0.4) is 0 Å². The van der Waals surface area contributed by atoms with Crippen molar-refractivity contribution in [3.63, 3.8) is 0 Å². The SMILES string of the molecule is CCC(N)(CC)C(N)(CC)CC.CCN(CC)CCN(CC)CC. The van der Waals surface area contributed by atoms with Crippen molar-refractivity contribution < 1.29 is 0 Å². The van der Waals surface area contributed by atoms with Gasteiger partial charge in [-0.3, -0.25) is 0 Å². The fourth-order valence-corrected chi connectivity index (χ4v) is 3.27. The molecule has 0 saturated heterocycles. The van der Waals surface area contributed by atoms with Gasteiger partial charge in [-0.05, 0) is 51.9 Å². The number of hydrogen-bond acceptors (Lipinski definition) is 4. The highest BCUT2D eigenvalue weighted by Crippen LogP contribution is 2.30. The van der Waals surface area contributed by atoms with E-state index < -0.39 is 0 Å². The van der Waals surface area contributed by atoms with Gasteiger partial charge in [0, 0.05) is 24.2 Å². The van der Waals surface area contributed by atoms with Crippen molar-refractivity contribution in [3.05, 3.63) is 0 Å². The molecule has 4 N–H and O–H groups in total. The third-order valence-electron chi connectivity index (χ3n) is 6.04. The zero-order valence-electron chi connectivity index (χ0n) is 18.1. The molecule has 24 heavy (non-hydrogen) atoms. The lowest BCUT2D eigenvalue weighted by Crippen LogP contribution is -2.64. The number of likely N-dealkylation sites (N-methyl/N-ethyl adjacent to an activating group) is 2. The Morgan fingerprint density at radius 1 is 0.500 bits per heavy atom. The van der Waals surface area contributed by atoms with Gasteiger partial charge in [-0.25, -0.2) is 0 Å². The molecule has 4 heteroatoms. The lowest BCUT2D eigenvalue weighted by atomic mass is 9.71. The Labute approximate surface area is 153 Å². The maximum absolute atomic E-state index is 6.27. The fourth-order valence-electron chi connectivity index (χ4n) is 3.27. The summed E-state index contributed by atoms with van der Waals surface area (Å²) in [5.74, 6) is 0. The monoisotopic (exact) mass is 344 g/mol. The van der Waals surface area contributed by atoms with Crippen molar-refractivity contribution in [1.82, 2.24) is 9.80 Å². The first-order chi connectivity index (χ1) is 11.3. The van der Waals surface area contributed by atoms with Gasteiger partial charge in [0.15, 0.2) is 0 Å². The summed E-state index contributed by atoms with van der Waals surface area (Å²) in [6.07, 6.45) is 3.84. The Morgan fingerprint density at radius 2 is 0.708 bits per heavy atom. The van der Waals surface area contributed by atoms with Gasteiger partial charge in [0.2, 0.25) is 0 Å². The van der Waals surface area contributed by atoms with E-state index in [2.05, 4.69) is 65.2 Å². The number of rotatable bonds is 12. The highest BCUT2D eigenvalue weighted by atomic mass is 15.2. The Hall–Kier alpha value is -0.160. The van der Waals surface area contributed by atoms with Crippen LogP contribution in [-0.2, 0) is 0 Å². The average molecular weight is 345 g/mol. The van der Waals surface area contributed by atoms with Crippen molar-refractivity contribution in [2.45, 2.75) is 92.2 Å². The second kappa shape index (κ2) is 14.1. The molecule has 0 bridgehead atoms. The Balaban J connectivity index is 0. The molecular formula is C20H48N4. The molecule has 0 aliphatic heterocycles. The van der Waals surface area contributed by atoms with E-state index in [0.717, 1.165) is 25.7 Å². The average Bonchev–Trinajstić information content (AvgIpc) is 2.64. The third kappa shape index (κ3) is 8.28. The summed E-state index contributed by atoms with van der Waals surface area (Å²) in [7, 11) is 0. The number of nitrogens with zero attached hydrogens (tertiary/aromatic N) is 2. The van der Waals surface area contributed by atoms with Gasteiger partial charge in [0.1, 0.15) is 0 Å². The lowest BCUT2D eigenvalue weighted by Gasteiger charge is -2.44. The van der Waals surface area contributed by atoms with Gasteiger partial charge >= 0.3 is 0 Å². The summed E-state index contributed by atoms with van der Waals surface area (Å²) in [6.45, 7) is 24.5. The van der Waals surface area contributed by atoms with E-state index in [4.69, 9.17) is 11.5 Å². The predicted molar refractivity (Wildman–Crippen MR) is 111 cm³/mol. The first-order valence-electron chi connectivity index (χ1n) is 10.3. The summed E-state index contributed by atoms with van der Waals surface area (Å²) in [6, 6.07) is 0. The largest absolute Gasteiger partial charge is 0.324 e. The Kier molecular flexibility index (Phi) is 15.3. The van der Waals surface area contributed by atoms with Crippen molar-refractivity contribution in [2.75, 3.05) is 39.3 Å². The molecule has 0 aliphatic carbocycles. The molecule has 0 aromatic rings.